The summed E-state index contributed by atoms with van der Waals surface area (Å²) >= 11 is 0. The van der Waals surface area contributed by atoms with Gasteiger partial charge in [-0.15, -0.1) is 0 Å². The summed E-state index contributed by atoms with van der Waals surface area (Å²) in [6, 6.07) is 8.99. The topological polar surface area (TPSA) is 32.3 Å². The lowest BCUT2D eigenvalue weighted by Crippen LogP contribution is -2.42. The van der Waals surface area contributed by atoms with E-state index in [0.717, 1.165) is 12.8 Å². The molecule has 1 aromatic carbocycles. The smallest absolute Gasteiger partial charge is 0.217 e. The molecule has 1 atom stereocenters. The number of benzene rings is 1. The quantitative estimate of drug-likeness (QED) is 0.433. The largest absolute Gasteiger partial charge is 0.349 e. The Morgan fingerprint density at radius 3 is 2.68 bits per heavy atom. The van der Waals surface area contributed by atoms with Crippen LogP contribution in [0.2, 0.25) is 0 Å². The highest BCUT2D eigenvalue weighted by molar-refractivity contribution is 5.73. The normalized spacial score (nSPS) is 21.3. The number of rotatable bonds is 9. The Kier molecular flexibility index (Phi) is 7.73. The van der Waals surface area contributed by atoms with Gasteiger partial charge in [0.15, 0.2) is 0 Å². The summed E-state index contributed by atoms with van der Waals surface area (Å²) in [4.78, 5) is 14.3. The van der Waals surface area contributed by atoms with Crippen LogP contribution in [0.15, 0.2) is 36.4 Å². The summed E-state index contributed by atoms with van der Waals surface area (Å²) in [5.41, 5.74) is 3.11. The second-order valence-corrected chi connectivity index (χ2v) is 8.75. The van der Waals surface area contributed by atoms with E-state index in [4.69, 9.17) is 0 Å². The van der Waals surface area contributed by atoms with Gasteiger partial charge in [-0.05, 0) is 75.7 Å². The van der Waals surface area contributed by atoms with Crippen LogP contribution in [-0.2, 0) is 10.2 Å². The van der Waals surface area contributed by atoms with Gasteiger partial charge >= 0.3 is 0 Å². The third-order valence-corrected chi connectivity index (χ3v) is 6.69. The fourth-order valence-corrected chi connectivity index (χ4v) is 5.18. The van der Waals surface area contributed by atoms with Crippen LogP contribution in [0, 0.1) is 0 Å². The molecule has 1 aliphatic carbocycles. The van der Waals surface area contributed by atoms with E-state index in [1.165, 1.54) is 75.7 Å². The third-order valence-electron chi connectivity index (χ3n) is 6.69. The molecule has 1 aliphatic heterocycles. The van der Waals surface area contributed by atoms with E-state index in [1.807, 2.05) is 0 Å². The number of fused-ring (bicyclic) bond motifs is 2. The standard InChI is InChI=1S/C25H38N2O.H2/c1-3-4-5-6-7-8-9-12-17-27-18-15-25(16-19-27)20-24(26-21(2)28)22-13-10-11-14-23(22)25;/h4-5,10-11,13-14,24H,3,6-9,12,15-20H2,1-2H3,(H,26,28);1H/b5-4-;/t24-;/m0./s1. The second-order valence-electron chi connectivity index (χ2n) is 8.75. The van der Waals surface area contributed by atoms with Gasteiger partial charge in [0.1, 0.15) is 0 Å². The van der Waals surface area contributed by atoms with E-state index in [9.17, 15) is 4.79 Å². The van der Waals surface area contributed by atoms with Crippen molar-refractivity contribution in [3.63, 3.8) is 0 Å². The van der Waals surface area contributed by atoms with Crippen LogP contribution >= 0.6 is 0 Å². The lowest BCUT2D eigenvalue weighted by molar-refractivity contribution is -0.119. The van der Waals surface area contributed by atoms with Crippen molar-refractivity contribution in [3.05, 3.63) is 47.5 Å². The molecule has 0 unspecified atom stereocenters. The molecule has 0 radical (unpaired) electrons. The summed E-state index contributed by atoms with van der Waals surface area (Å²) in [5, 5.41) is 3.19. The van der Waals surface area contributed by atoms with Crippen molar-refractivity contribution in [1.29, 1.82) is 0 Å². The summed E-state index contributed by atoms with van der Waals surface area (Å²) in [7, 11) is 0. The van der Waals surface area contributed by atoms with Gasteiger partial charge in [0.25, 0.3) is 0 Å². The number of hydrogen-bond acceptors (Lipinski definition) is 2. The molecule has 1 aromatic rings. The van der Waals surface area contributed by atoms with E-state index in [0.29, 0.717) is 0 Å². The average Bonchev–Trinajstić information content (AvgIpc) is 2.98. The zero-order valence-electron chi connectivity index (χ0n) is 17.9. The van der Waals surface area contributed by atoms with Crippen LogP contribution in [0.4, 0.5) is 0 Å². The molecule has 3 rings (SSSR count). The number of amides is 1. The van der Waals surface area contributed by atoms with Crippen LogP contribution in [0.5, 0.6) is 0 Å². The molecule has 1 spiro atoms. The molecule has 3 nitrogen and oxygen atoms in total. The van der Waals surface area contributed by atoms with Crippen LogP contribution < -0.4 is 5.32 Å². The van der Waals surface area contributed by atoms with Gasteiger partial charge in [0.2, 0.25) is 5.91 Å². The van der Waals surface area contributed by atoms with Crippen molar-refractivity contribution in [2.75, 3.05) is 19.6 Å². The molecule has 1 amide bonds. The summed E-state index contributed by atoms with van der Waals surface area (Å²) in [6.45, 7) is 7.47. The van der Waals surface area contributed by atoms with Crippen LogP contribution in [0.1, 0.15) is 90.2 Å². The monoisotopic (exact) mass is 384 g/mol. The minimum atomic E-state index is 0. The lowest BCUT2D eigenvalue weighted by Gasteiger charge is -2.40. The number of nitrogens with one attached hydrogen (secondary N) is 1. The van der Waals surface area contributed by atoms with Gasteiger partial charge in [0, 0.05) is 13.8 Å². The maximum Gasteiger partial charge on any atom is 0.217 e. The summed E-state index contributed by atoms with van der Waals surface area (Å²) in [6.07, 6.45) is 15.9. The van der Waals surface area contributed by atoms with E-state index >= 15 is 0 Å². The Morgan fingerprint density at radius 2 is 1.93 bits per heavy atom. The van der Waals surface area contributed by atoms with Crippen molar-refractivity contribution < 1.29 is 6.22 Å². The number of carbonyl (C=O) groups is 1. The fraction of sp³-hybridized carbons (Fsp3) is 0.640. The fourth-order valence-electron chi connectivity index (χ4n) is 5.18. The predicted octanol–water partition coefficient (Wildman–Crippen LogP) is 5.76. The molecule has 0 bridgehead atoms. The Bertz CT molecular complexity index is 665. The van der Waals surface area contributed by atoms with Crippen molar-refractivity contribution in [3.8, 4) is 0 Å². The van der Waals surface area contributed by atoms with Crippen LogP contribution in [0.25, 0.3) is 0 Å². The molecular weight excluding hydrogens is 344 g/mol. The maximum absolute atomic E-state index is 11.7. The highest BCUT2D eigenvalue weighted by atomic mass is 16.1. The molecule has 0 saturated carbocycles. The average molecular weight is 385 g/mol. The van der Waals surface area contributed by atoms with Gasteiger partial charge in [-0.3, -0.25) is 4.79 Å². The molecule has 156 valence electrons. The number of nitrogens with zero attached hydrogens (tertiary/aromatic N) is 1. The molecule has 2 aliphatic rings. The third kappa shape index (κ3) is 5.26. The molecule has 0 aromatic heterocycles. The number of likely N-dealkylation sites (tertiary alicyclic amines) is 1. The van der Waals surface area contributed by atoms with E-state index < -0.39 is 0 Å². The van der Waals surface area contributed by atoms with Crippen molar-refractivity contribution >= 4 is 5.91 Å². The number of hydrogen-bond donors (Lipinski definition) is 1. The number of allylic oxidation sites excluding steroid dienone is 2. The summed E-state index contributed by atoms with van der Waals surface area (Å²) < 4.78 is 0. The van der Waals surface area contributed by atoms with Gasteiger partial charge in [-0.2, -0.15) is 0 Å². The molecule has 3 heteroatoms. The first kappa shape index (κ1) is 21.1. The van der Waals surface area contributed by atoms with Crippen molar-refractivity contribution in [2.24, 2.45) is 0 Å². The Hall–Kier alpha value is -1.61. The Labute approximate surface area is 173 Å². The maximum atomic E-state index is 11.7. The lowest BCUT2D eigenvalue weighted by atomic mass is 9.73. The molecule has 1 N–H and O–H groups in total. The van der Waals surface area contributed by atoms with E-state index in [1.54, 1.807) is 6.92 Å². The first-order valence-electron chi connectivity index (χ1n) is 11.4. The number of carbonyl (C=O) groups excluding carboxylic acids is 1. The van der Waals surface area contributed by atoms with Gasteiger partial charge < -0.3 is 10.2 Å². The first-order valence-corrected chi connectivity index (χ1v) is 11.4. The zero-order valence-corrected chi connectivity index (χ0v) is 17.9. The minimum absolute atomic E-state index is 0. The molecule has 28 heavy (non-hydrogen) atoms. The highest BCUT2D eigenvalue weighted by Gasteiger charge is 2.45. The summed E-state index contributed by atoms with van der Waals surface area (Å²) in [5.74, 6) is 0.0828. The molecule has 1 fully saturated rings. The molecule has 1 saturated heterocycles. The van der Waals surface area contributed by atoms with Crippen LogP contribution in [-0.4, -0.2) is 30.4 Å². The zero-order chi connectivity index (χ0) is 19.8. The number of unbranched alkanes of at least 4 members (excludes halogenated alkanes) is 4. The van der Waals surface area contributed by atoms with Gasteiger partial charge in [-0.1, -0.05) is 56.2 Å². The van der Waals surface area contributed by atoms with E-state index in [2.05, 4.69) is 53.6 Å². The van der Waals surface area contributed by atoms with Gasteiger partial charge in [-0.25, -0.2) is 0 Å². The predicted molar refractivity (Wildman–Crippen MR) is 120 cm³/mol. The Morgan fingerprint density at radius 1 is 1.18 bits per heavy atom. The second kappa shape index (κ2) is 10.2. The first-order chi connectivity index (χ1) is 13.6. The van der Waals surface area contributed by atoms with Crippen molar-refractivity contribution in [2.45, 2.75) is 83.1 Å². The molecular formula is C25H40N2O. The highest BCUT2D eigenvalue weighted by Crippen LogP contribution is 2.50. The molecule has 1 heterocycles. The van der Waals surface area contributed by atoms with E-state index in [-0.39, 0.29) is 18.8 Å². The van der Waals surface area contributed by atoms with Crippen molar-refractivity contribution in [1.82, 2.24) is 10.2 Å². The Balaban J connectivity index is 0.00000300. The van der Waals surface area contributed by atoms with Crippen LogP contribution in [0.3, 0.4) is 0 Å². The van der Waals surface area contributed by atoms with Gasteiger partial charge in [0.05, 0.1) is 6.04 Å². The SMILES string of the molecule is CC/C=C\CCCCCCN1CCC2(CC1)C[C@H](NC(C)=O)c1ccccc12.[HH]. The minimum Gasteiger partial charge on any atom is -0.349 e. The number of piperidine rings is 1.